The maximum atomic E-state index is 13.4. The van der Waals surface area contributed by atoms with Crippen LogP contribution in [0.1, 0.15) is 24.2 Å². The maximum Gasteiger partial charge on any atom is 0.335 e. The molecule has 0 radical (unpaired) electrons. The molecule has 3 rings (SSSR count). The van der Waals surface area contributed by atoms with E-state index in [0.29, 0.717) is 39.9 Å². The van der Waals surface area contributed by atoms with E-state index in [1.807, 2.05) is 13.8 Å². The van der Waals surface area contributed by atoms with Crippen LogP contribution in [0, 0.1) is 0 Å². The summed E-state index contributed by atoms with van der Waals surface area (Å²) < 4.78 is 2.95. The monoisotopic (exact) mass is 455 g/mol. The van der Waals surface area contributed by atoms with E-state index in [2.05, 4.69) is 4.90 Å². The zero-order chi connectivity index (χ0) is 21.3. The highest BCUT2D eigenvalue weighted by molar-refractivity contribution is 6.37. The summed E-state index contributed by atoms with van der Waals surface area (Å²) in [5.74, 6) is -1.12. The smallest absolute Gasteiger partial charge is 0.335 e. The summed E-state index contributed by atoms with van der Waals surface area (Å²) in [5, 5.41) is 10.3. The van der Waals surface area contributed by atoms with Crippen LogP contribution in [0.25, 0.3) is 16.7 Å². The van der Waals surface area contributed by atoms with E-state index in [-0.39, 0.29) is 16.3 Å². The largest absolute Gasteiger partial charge is 0.478 e. The standard InChI is InChI=1S/C20H20Cl3N3O3/c1-3-24(4-2)7-8-25-17-10-12(19(27)28)9-15(23)18(17)26(20(25)29)16-6-5-13(21)11-14(16)22/h5-6,9-11H,3-4,7-8H2,1-2H3,(H,27,28). The van der Waals surface area contributed by atoms with Crippen molar-refractivity contribution < 1.29 is 9.90 Å². The predicted octanol–water partition coefficient (Wildman–Crippen LogP) is 4.79. The molecular weight excluding hydrogens is 437 g/mol. The fraction of sp³-hybridized carbons (Fsp3) is 0.300. The molecule has 0 spiro atoms. The van der Waals surface area contributed by atoms with Crippen LogP contribution >= 0.6 is 34.8 Å². The van der Waals surface area contributed by atoms with Gasteiger partial charge in [0.2, 0.25) is 0 Å². The van der Waals surface area contributed by atoms with Gasteiger partial charge >= 0.3 is 11.7 Å². The number of hydrogen-bond acceptors (Lipinski definition) is 3. The Morgan fingerprint density at radius 2 is 1.76 bits per heavy atom. The van der Waals surface area contributed by atoms with Crippen LogP contribution in [-0.4, -0.2) is 44.7 Å². The highest BCUT2D eigenvalue weighted by Gasteiger charge is 2.21. The lowest BCUT2D eigenvalue weighted by atomic mass is 10.2. The number of benzene rings is 2. The van der Waals surface area contributed by atoms with E-state index in [0.717, 1.165) is 13.1 Å². The van der Waals surface area contributed by atoms with Crippen molar-refractivity contribution in [2.45, 2.75) is 20.4 Å². The Hall–Kier alpha value is -1.99. The van der Waals surface area contributed by atoms with Crippen LogP contribution < -0.4 is 5.69 Å². The number of fused-ring (bicyclic) bond motifs is 1. The molecule has 0 aliphatic rings. The summed E-state index contributed by atoms with van der Waals surface area (Å²) in [5.41, 5.74) is 0.945. The van der Waals surface area contributed by atoms with Crippen LogP contribution in [0.2, 0.25) is 15.1 Å². The van der Waals surface area contributed by atoms with Gasteiger partial charge in [-0.3, -0.25) is 9.13 Å². The van der Waals surface area contributed by atoms with E-state index in [1.54, 1.807) is 18.2 Å². The fourth-order valence-electron chi connectivity index (χ4n) is 3.34. The molecule has 0 aliphatic heterocycles. The van der Waals surface area contributed by atoms with Gasteiger partial charge in [0.1, 0.15) is 0 Å². The molecule has 1 N–H and O–H groups in total. The van der Waals surface area contributed by atoms with Crippen LogP contribution in [0.3, 0.4) is 0 Å². The third-order valence-corrected chi connectivity index (χ3v) is 5.74. The minimum atomic E-state index is -1.12. The first-order chi connectivity index (χ1) is 13.8. The minimum Gasteiger partial charge on any atom is -0.478 e. The molecule has 1 heterocycles. The number of likely N-dealkylation sites (N-methyl/N-ethyl adjacent to an activating group) is 1. The molecule has 2 aromatic carbocycles. The summed E-state index contributed by atoms with van der Waals surface area (Å²) in [6.07, 6.45) is 0. The lowest BCUT2D eigenvalue weighted by molar-refractivity contribution is 0.0697. The highest BCUT2D eigenvalue weighted by atomic mass is 35.5. The molecule has 0 atom stereocenters. The minimum absolute atomic E-state index is 0.0124. The molecule has 0 saturated carbocycles. The topological polar surface area (TPSA) is 67.5 Å². The van der Waals surface area contributed by atoms with E-state index in [4.69, 9.17) is 34.8 Å². The zero-order valence-electron chi connectivity index (χ0n) is 16.0. The summed E-state index contributed by atoms with van der Waals surface area (Å²) in [7, 11) is 0. The fourth-order valence-corrected chi connectivity index (χ4v) is 4.13. The van der Waals surface area contributed by atoms with Gasteiger partial charge in [-0.05, 0) is 43.4 Å². The normalized spacial score (nSPS) is 11.5. The van der Waals surface area contributed by atoms with Gasteiger partial charge in [-0.15, -0.1) is 0 Å². The van der Waals surface area contributed by atoms with Gasteiger partial charge < -0.3 is 10.0 Å². The Balaban J connectivity index is 2.30. The van der Waals surface area contributed by atoms with Gasteiger partial charge in [0.25, 0.3) is 0 Å². The highest BCUT2D eigenvalue weighted by Crippen LogP contribution is 2.31. The average Bonchev–Trinajstić information content (AvgIpc) is 2.95. The lowest BCUT2D eigenvalue weighted by Gasteiger charge is -2.18. The lowest BCUT2D eigenvalue weighted by Crippen LogP contribution is -2.31. The van der Waals surface area contributed by atoms with Crippen LogP contribution in [0.5, 0.6) is 0 Å². The average molecular weight is 457 g/mol. The second-order valence-electron chi connectivity index (χ2n) is 6.52. The number of aromatic carboxylic acids is 1. The number of nitrogens with zero attached hydrogens (tertiary/aromatic N) is 3. The molecule has 154 valence electrons. The Bertz CT molecular complexity index is 1130. The molecule has 0 bridgehead atoms. The van der Waals surface area contributed by atoms with E-state index in [1.165, 1.54) is 21.3 Å². The first kappa shape index (κ1) is 21.7. The molecule has 0 unspecified atom stereocenters. The van der Waals surface area contributed by atoms with E-state index in [9.17, 15) is 14.7 Å². The number of carboxylic acid groups (broad SMARTS) is 1. The van der Waals surface area contributed by atoms with Crippen LogP contribution in [0.15, 0.2) is 35.1 Å². The second kappa shape index (κ2) is 8.79. The van der Waals surface area contributed by atoms with Crippen LogP contribution in [0.4, 0.5) is 0 Å². The predicted molar refractivity (Wildman–Crippen MR) is 117 cm³/mol. The van der Waals surface area contributed by atoms with Gasteiger partial charge in [-0.1, -0.05) is 48.7 Å². The van der Waals surface area contributed by atoms with Gasteiger partial charge in [-0.25, -0.2) is 9.59 Å². The number of carbonyl (C=O) groups is 1. The van der Waals surface area contributed by atoms with Gasteiger partial charge in [0, 0.05) is 18.1 Å². The molecule has 0 aliphatic carbocycles. The summed E-state index contributed by atoms with van der Waals surface area (Å²) in [4.78, 5) is 27.1. The first-order valence-electron chi connectivity index (χ1n) is 9.14. The molecule has 0 saturated heterocycles. The van der Waals surface area contributed by atoms with Crippen molar-refractivity contribution in [2.24, 2.45) is 0 Å². The van der Waals surface area contributed by atoms with Crippen molar-refractivity contribution in [1.82, 2.24) is 14.0 Å². The molecule has 9 heteroatoms. The molecule has 1 aromatic heterocycles. The number of aromatic nitrogens is 2. The van der Waals surface area contributed by atoms with Gasteiger partial charge in [-0.2, -0.15) is 0 Å². The third-order valence-electron chi connectivity index (χ3n) is 4.91. The van der Waals surface area contributed by atoms with Crippen molar-refractivity contribution in [3.8, 4) is 5.69 Å². The molecule has 0 fully saturated rings. The Labute approximate surface area is 182 Å². The second-order valence-corrected chi connectivity index (χ2v) is 7.77. The van der Waals surface area contributed by atoms with Crippen molar-refractivity contribution in [3.05, 3.63) is 61.4 Å². The quantitative estimate of drug-likeness (QED) is 0.555. The number of imidazole rings is 1. The van der Waals surface area contributed by atoms with Gasteiger partial charge in [0.05, 0.1) is 32.3 Å². The van der Waals surface area contributed by atoms with Crippen molar-refractivity contribution in [2.75, 3.05) is 19.6 Å². The maximum absolute atomic E-state index is 13.4. The molecule has 3 aromatic rings. The van der Waals surface area contributed by atoms with Crippen molar-refractivity contribution in [1.29, 1.82) is 0 Å². The molecular formula is C20H20Cl3N3O3. The van der Waals surface area contributed by atoms with Crippen molar-refractivity contribution in [3.63, 3.8) is 0 Å². The van der Waals surface area contributed by atoms with Crippen LogP contribution in [-0.2, 0) is 6.54 Å². The molecule has 6 nitrogen and oxygen atoms in total. The number of hydrogen-bond donors (Lipinski definition) is 1. The SMILES string of the molecule is CCN(CC)CCn1c(=O)n(-c2ccc(Cl)cc2Cl)c2c(Cl)cc(C(=O)O)cc21. The third kappa shape index (κ3) is 4.16. The van der Waals surface area contributed by atoms with Crippen molar-refractivity contribution >= 4 is 51.8 Å². The van der Waals surface area contributed by atoms with Gasteiger partial charge in [0.15, 0.2) is 0 Å². The Kier molecular flexibility index (Phi) is 6.58. The summed E-state index contributed by atoms with van der Waals surface area (Å²) >= 11 is 18.8. The number of carboxylic acids is 1. The Morgan fingerprint density at radius 3 is 2.34 bits per heavy atom. The first-order valence-corrected chi connectivity index (χ1v) is 10.3. The Morgan fingerprint density at radius 1 is 1.07 bits per heavy atom. The summed E-state index contributed by atoms with van der Waals surface area (Å²) in [6, 6.07) is 7.62. The van der Waals surface area contributed by atoms with E-state index >= 15 is 0 Å². The summed E-state index contributed by atoms with van der Waals surface area (Å²) in [6.45, 7) is 6.79. The van der Waals surface area contributed by atoms with E-state index < -0.39 is 5.97 Å². The zero-order valence-corrected chi connectivity index (χ0v) is 18.2. The molecule has 29 heavy (non-hydrogen) atoms. The molecule has 0 amide bonds. The number of halogens is 3. The number of rotatable bonds is 7.